The maximum absolute atomic E-state index is 13.4. The van der Waals surface area contributed by atoms with Crippen LogP contribution in [0.3, 0.4) is 0 Å². The Morgan fingerprint density at radius 3 is 2.41 bits per heavy atom. The standard InChI is InChI=1S/C19H20N4O5S/c1-10-9-21-15(24)13(17(21)29-14(10)18(26)27)22-16(25)12(11-7-5-4-6-8-11)23(20-28)19(22,2)3/h4-9,12-14,17H,1-3H3,(H,26,27)/t12-,13?,14?,17-/m1/s1. The molecule has 0 saturated carbocycles. The number of carboxylic acid groups (broad SMARTS) is 1. The molecule has 0 bridgehead atoms. The number of nitrogens with zero attached hydrogens (tertiary/aromatic N) is 4. The van der Waals surface area contributed by atoms with E-state index in [1.165, 1.54) is 21.0 Å². The van der Waals surface area contributed by atoms with Crippen molar-refractivity contribution >= 4 is 29.5 Å². The molecule has 0 aromatic heterocycles. The Morgan fingerprint density at radius 1 is 1.17 bits per heavy atom. The van der Waals surface area contributed by atoms with Gasteiger partial charge in [-0.2, -0.15) is 0 Å². The van der Waals surface area contributed by atoms with Crippen molar-refractivity contribution in [1.29, 1.82) is 0 Å². The monoisotopic (exact) mass is 416 g/mol. The minimum absolute atomic E-state index is 0.299. The maximum atomic E-state index is 13.4. The average Bonchev–Trinajstić information content (AvgIpc) is 2.88. The van der Waals surface area contributed by atoms with Gasteiger partial charge in [-0.3, -0.25) is 14.4 Å². The number of β-lactam (4-membered cyclic amide) rings is 1. The summed E-state index contributed by atoms with van der Waals surface area (Å²) < 4.78 is 0. The summed E-state index contributed by atoms with van der Waals surface area (Å²) in [6.07, 6.45) is 1.54. The third kappa shape index (κ3) is 2.65. The van der Waals surface area contributed by atoms with Crippen LogP contribution in [0.1, 0.15) is 32.4 Å². The summed E-state index contributed by atoms with van der Waals surface area (Å²) in [6, 6.07) is 6.99. The summed E-state index contributed by atoms with van der Waals surface area (Å²) in [5, 5.41) is 12.4. The minimum Gasteiger partial charge on any atom is -0.480 e. The van der Waals surface area contributed by atoms with Gasteiger partial charge in [0.05, 0.1) is 5.29 Å². The maximum Gasteiger partial charge on any atom is 0.320 e. The summed E-state index contributed by atoms with van der Waals surface area (Å²) in [7, 11) is 0. The fourth-order valence-electron chi connectivity index (χ4n) is 4.25. The fraction of sp³-hybridized carbons (Fsp3) is 0.421. The van der Waals surface area contributed by atoms with E-state index in [1.807, 2.05) is 0 Å². The van der Waals surface area contributed by atoms with E-state index in [9.17, 15) is 24.4 Å². The first-order valence-electron chi connectivity index (χ1n) is 9.09. The van der Waals surface area contributed by atoms with Crippen molar-refractivity contribution in [3.8, 4) is 0 Å². The van der Waals surface area contributed by atoms with Gasteiger partial charge in [-0.25, -0.2) is 5.01 Å². The topological polar surface area (TPSA) is 111 Å². The van der Waals surface area contributed by atoms with E-state index in [0.717, 1.165) is 11.8 Å². The normalized spacial score (nSPS) is 30.6. The van der Waals surface area contributed by atoms with Crippen LogP contribution in [0.15, 0.2) is 47.4 Å². The molecule has 2 amide bonds. The van der Waals surface area contributed by atoms with Gasteiger partial charge >= 0.3 is 5.97 Å². The van der Waals surface area contributed by atoms with Crippen LogP contribution in [-0.4, -0.2) is 60.0 Å². The first kappa shape index (κ1) is 19.4. The number of thioether (sulfide) groups is 1. The zero-order valence-corrected chi connectivity index (χ0v) is 16.9. The number of carbonyl (C=O) groups excluding carboxylic acids is 2. The molecule has 1 aromatic carbocycles. The number of benzene rings is 1. The Morgan fingerprint density at radius 2 is 1.83 bits per heavy atom. The van der Waals surface area contributed by atoms with E-state index in [-0.39, 0.29) is 5.91 Å². The molecule has 2 unspecified atom stereocenters. The molecule has 0 spiro atoms. The summed E-state index contributed by atoms with van der Waals surface area (Å²) in [5.41, 5.74) is 0.0176. The van der Waals surface area contributed by atoms with Crippen LogP contribution in [0.4, 0.5) is 0 Å². The zero-order chi connectivity index (χ0) is 21.1. The number of aliphatic carboxylic acids is 1. The van der Waals surface area contributed by atoms with E-state index in [2.05, 4.69) is 5.29 Å². The molecule has 2 fully saturated rings. The lowest BCUT2D eigenvalue weighted by molar-refractivity contribution is -0.160. The van der Waals surface area contributed by atoms with Crippen molar-refractivity contribution in [2.75, 3.05) is 0 Å². The minimum atomic E-state index is -1.15. The van der Waals surface area contributed by atoms with E-state index < -0.39 is 40.2 Å². The SMILES string of the molecule is CC1=CN2C(=O)C(N3C(=O)[C@@H](c4ccccc4)N(N=O)C3(C)C)[C@H]2SC1C(=O)O. The van der Waals surface area contributed by atoms with E-state index in [1.54, 1.807) is 51.1 Å². The molecule has 0 aliphatic carbocycles. The first-order valence-corrected chi connectivity index (χ1v) is 10.0. The lowest BCUT2D eigenvalue weighted by atomic mass is 10.0. The molecule has 4 rings (SSSR count). The van der Waals surface area contributed by atoms with Crippen LogP contribution < -0.4 is 0 Å². The number of nitroso groups, excluding NO2 is 1. The predicted molar refractivity (Wildman–Crippen MR) is 105 cm³/mol. The number of amides is 2. The average molecular weight is 416 g/mol. The Hall–Kier alpha value is -2.88. The third-order valence-corrected chi connectivity index (χ3v) is 7.26. The van der Waals surface area contributed by atoms with Crippen molar-refractivity contribution in [3.63, 3.8) is 0 Å². The first-order chi connectivity index (χ1) is 13.7. The molecule has 0 radical (unpaired) electrons. The number of fused-ring (bicyclic) bond motifs is 1. The molecular weight excluding hydrogens is 396 g/mol. The number of carbonyl (C=O) groups is 3. The quantitative estimate of drug-likeness (QED) is 0.590. The summed E-state index contributed by atoms with van der Waals surface area (Å²) in [5.74, 6) is -1.70. The molecular formula is C19H20N4O5S. The van der Waals surface area contributed by atoms with Crippen molar-refractivity contribution in [2.45, 2.75) is 49.1 Å². The van der Waals surface area contributed by atoms with Crippen molar-refractivity contribution < 1.29 is 19.5 Å². The second-order valence-electron chi connectivity index (χ2n) is 7.75. The van der Waals surface area contributed by atoms with Gasteiger partial charge in [-0.05, 0) is 31.9 Å². The number of carboxylic acids is 1. The molecule has 3 heterocycles. The number of hydrogen-bond acceptors (Lipinski definition) is 6. The second kappa shape index (κ2) is 6.58. The molecule has 4 atom stereocenters. The third-order valence-electron chi connectivity index (χ3n) is 5.66. The summed E-state index contributed by atoms with van der Waals surface area (Å²) in [6.45, 7) is 4.99. The van der Waals surface area contributed by atoms with Crippen LogP contribution in [0.5, 0.6) is 0 Å². The van der Waals surface area contributed by atoms with E-state index >= 15 is 0 Å². The Kier molecular flexibility index (Phi) is 4.41. The zero-order valence-electron chi connectivity index (χ0n) is 16.1. The van der Waals surface area contributed by atoms with Crippen LogP contribution in [-0.2, 0) is 14.4 Å². The molecule has 152 valence electrons. The van der Waals surface area contributed by atoms with Crippen molar-refractivity contribution in [1.82, 2.24) is 14.8 Å². The van der Waals surface area contributed by atoms with Gasteiger partial charge in [0.25, 0.3) is 11.8 Å². The molecule has 1 aromatic rings. The van der Waals surface area contributed by atoms with E-state index in [0.29, 0.717) is 11.1 Å². The Balaban J connectivity index is 1.72. The Bertz CT molecular complexity index is 934. The van der Waals surface area contributed by atoms with Crippen molar-refractivity contribution in [3.05, 3.63) is 52.6 Å². The van der Waals surface area contributed by atoms with Crippen LogP contribution in [0.2, 0.25) is 0 Å². The molecule has 10 heteroatoms. The second-order valence-corrected chi connectivity index (χ2v) is 8.98. The van der Waals surface area contributed by atoms with Crippen LogP contribution in [0, 0.1) is 4.91 Å². The van der Waals surface area contributed by atoms with Gasteiger partial charge in [0.15, 0.2) is 6.04 Å². The highest BCUT2D eigenvalue weighted by Gasteiger charge is 2.64. The van der Waals surface area contributed by atoms with Crippen molar-refractivity contribution in [2.24, 2.45) is 5.29 Å². The van der Waals surface area contributed by atoms with Crippen LogP contribution >= 0.6 is 11.8 Å². The highest BCUT2D eigenvalue weighted by Crippen LogP contribution is 2.49. The molecule has 29 heavy (non-hydrogen) atoms. The van der Waals surface area contributed by atoms with Gasteiger partial charge in [0, 0.05) is 6.20 Å². The summed E-state index contributed by atoms with van der Waals surface area (Å²) in [4.78, 5) is 52.4. The fourth-order valence-corrected chi connectivity index (χ4v) is 5.60. The van der Waals surface area contributed by atoms with Crippen LogP contribution in [0.25, 0.3) is 0 Å². The molecule has 9 nitrogen and oxygen atoms in total. The predicted octanol–water partition coefficient (Wildman–Crippen LogP) is 1.93. The highest BCUT2D eigenvalue weighted by molar-refractivity contribution is 8.01. The Labute approximate surface area is 171 Å². The number of hydrogen-bond donors (Lipinski definition) is 1. The smallest absolute Gasteiger partial charge is 0.320 e. The van der Waals surface area contributed by atoms with Gasteiger partial charge in [0.2, 0.25) is 0 Å². The van der Waals surface area contributed by atoms with Gasteiger partial charge in [-0.15, -0.1) is 16.7 Å². The van der Waals surface area contributed by atoms with Gasteiger partial charge in [-0.1, -0.05) is 30.3 Å². The number of rotatable bonds is 4. The van der Waals surface area contributed by atoms with E-state index in [4.69, 9.17) is 0 Å². The van der Waals surface area contributed by atoms with Gasteiger partial charge in [0.1, 0.15) is 22.3 Å². The highest BCUT2D eigenvalue weighted by atomic mass is 32.2. The lowest BCUT2D eigenvalue weighted by Gasteiger charge is -2.53. The lowest BCUT2D eigenvalue weighted by Crippen LogP contribution is -2.72. The summed E-state index contributed by atoms with van der Waals surface area (Å²) >= 11 is 1.12. The largest absolute Gasteiger partial charge is 0.480 e. The van der Waals surface area contributed by atoms with Gasteiger partial charge < -0.3 is 14.9 Å². The molecule has 1 N–H and O–H groups in total. The molecule has 3 aliphatic heterocycles. The molecule has 2 saturated heterocycles. The molecule has 3 aliphatic rings.